The summed E-state index contributed by atoms with van der Waals surface area (Å²) in [6, 6.07) is 2.05. The molecule has 37 heavy (non-hydrogen) atoms. The summed E-state index contributed by atoms with van der Waals surface area (Å²) in [4.78, 5) is 22.0. The van der Waals surface area contributed by atoms with Crippen molar-refractivity contribution in [1.82, 2.24) is 15.2 Å². The molecule has 8 nitrogen and oxygen atoms in total. The van der Waals surface area contributed by atoms with E-state index < -0.39 is 22.8 Å². The van der Waals surface area contributed by atoms with Crippen molar-refractivity contribution < 1.29 is 32.5 Å². The molecule has 1 aromatic heterocycles. The van der Waals surface area contributed by atoms with Crippen molar-refractivity contribution in [2.45, 2.75) is 88.0 Å². The van der Waals surface area contributed by atoms with Crippen LogP contribution in [0.1, 0.15) is 51.5 Å². The molecule has 0 spiro atoms. The van der Waals surface area contributed by atoms with Gasteiger partial charge in [-0.2, -0.15) is 13.2 Å². The third-order valence-corrected chi connectivity index (χ3v) is 9.02. The zero-order chi connectivity index (χ0) is 26.6. The molecule has 0 unspecified atom stereocenters. The number of nitrogens with one attached hydrogen (secondary N) is 1. The minimum absolute atomic E-state index is 0.0497. The summed E-state index contributed by atoms with van der Waals surface area (Å²) in [6.07, 6.45) is 0.0833. The van der Waals surface area contributed by atoms with E-state index in [0.717, 1.165) is 25.0 Å². The van der Waals surface area contributed by atoms with Crippen molar-refractivity contribution in [2.75, 3.05) is 38.3 Å². The second kappa shape index (κ2) is 9.66. The third-order valence-electron chi connectivity index (χ3n) is 9.02. The van der Waals surface area contributed by atoms with Gasteiger partial charge in [-0.05, 0) is 58.1 Å². The van der Waals surface area contributed by atoms with Gasteiger partial charge in [-0.15, -0.1) is 0 Å². The molecule has 0 radical (unpaired) electrons. The fraction of sp³-hybridized carbons (Fsp3) is 0.769. The molecule has 3 aliphatic heterocycles. The van der Waals surface area contributed by atoms with Gasteiger partial charge in [-0.1, -0.05) is 0 Å². The number of aromatic nitrogens is 1. The molecule has 5 rings (SSSR count). The maximum absolute atomic E-state index is 14.1. The highest BCUT2D eigenvalue weighted by Crippen LogP contribution is 2.50. The van der Waals surface area contributed by atoms with Gasteiger partial charge in [0.1, 0.15) is 5.82 Å². The van der Waals surface area contributed by atoms with Gasteiger partial charge in [0.25, 0.3) is 0 Å². The fourth-order valence-electron chi connectivity index (χ4n) is 6.86. The van der Waals surface area contributed by atoms with Crippen molar-refractivity contribution in [3.63, 3.8) is 0 Å². The molecule has 1 aliphatic carbocycles. The van der Waals surface area contributed by atoms with Crippen LogP contribution in [-0.2, 0) is 20.4 Å². The fourth-order valence-corrected chi connectivity index (χ4v) is 6.86. The van der Waals surface area contributed by atoms with Crippen LogP contribution in [0.15, 0.2) is 18.3 Å². The highest BCUT2D eigenvalue weighted by molar-refractivity contribution is 5.85. The second-order valence-electron chi connectivity index (χ2n) is 11.5. The average molecular weight is 527 g/mol. The summed E-state index contributed by atoms with van der Waals surface area (Å²) in [5, 5.41) is 15.0. The maximum Gasteiger partial charge on any atom is 0.416 e. The van der Waals surface area contributed by atoms with E-state index in [9.17, 15) is 23.1 Å². The third kappa shape index (κ3) is 4.84. The Hall–Kier alpha value is -1.95. The van der Waals surface area contributed by atoms with Crippen molar-refractivity contribution in [1.29, 1.82) is 0 Å². The monoisotopic (exact) mass is 526 g/mol. The number of hydrogen-bond donors (Lipinski definition) is 2. The minimum Gasteiger partial charge on any atom is -0.389 e. The Morgan fingerprint density at radius 3 is 2.70 bits per heavy atom. The first kappa shape index (κ1) is 26.6. The first-order chi connectivity index (χ1) is 17.4. The Bertz CT molecular complexity index is 1000. The highest BCUT2D eigenvalue weighted by Gasteiger charge is 2.59. The van der Waals surface area contributed by atoms with Gasteiger partial charge in [-0.25, -0.2) is 4.98 Å². The number of fused-ring (bicyclic) bond motifs is 2. The number of anilines is 1. The van der Waals surface area contributed by atoms with Crippen LogP contribution in [0.25, 0.3) is 0 Å². The molecule has 2 N–H and O–H groups in total. The van der Waals surface area contributed by atoms with E-state index in [1.165, 1.54) is 6.20 Å². The van der Waals surface area contributed by atoms with E-state index in [2.05, 4.69) is 10.3 Å². The van der Waals surface area contributed by atoms with Crippen LogP contribution in [0.4, 0.5) is 19.0 Å². The summed E-state index contributed by atoms with van der Waals surface area (Å²) in [5.41, 5.74) is -2.87. The van der Waals surface area contributed by atoms with Gasteiger partial charge < -0.3 is 29.7 Å². The summed E-state index contributed by atoms with van der Waals surface area (Å²) in [6.45, 7) is 5.48. The van der Waals surface area contributed by atoms with Crippen LogP contribution >= 0.6 is 0 Å². The maximum atomic E-state index is 14.1. The number of likely N-dealkylation sites (tertiary alicyclic amines) is 1. The lowest BCUT2D eigenvalue weighted by Crippen LogP contribution is -2.59. The molecule has 206 valence electrons. The minimum atomic E-state index is -4.43. The largest absolute Gasteiger partial charge is 0.416 e. The molecule has 11 heteroatoms. The van der Waals surface area contributed by atoms with Crippen LogP contribution in [-0.4, -0.2) is 90.2 Å². The lowest BCUT2D eigenvalue weighted by atomic mass is 9.70. The molecule has 2 bridgehead atoms. The first-order valence-electron chi connectivity index (χ1n) is 13.1. The van der Waals surface area contributed by atoms with Gasteiger partial charge in [0.2, 0.25) is 5.91 Å². The van der Waals surface area contributed by atoms with E-state index in [0.29, 0.717) is 51.4 Å². The standard InChI is InChI=1S/C26H37F3N4O4/c1-24(2,35)25(7-4-17(12-25)31-20-6-9-37-15-21(20)36-3)23(34)33-14-18-11-19(33)13-32(18)22-10-16(5-8-30-22)26(27,28)29/h5,8,10,17-21,31,35H,4,6-7,9,11-15H2,1-3H3/t17-,18+,19+,20+,21-,25-/m1/s1. The van der Waals surface area contributed by atoms with Gasteiger partial charge >= 0.3 is 6.18 Å². The Labute approximate surface area is 215 Å². The number of nitrogens with zero attached hydrogens (tertiary/aromatic N) is 3. The van der Waals surface area contributed by atoms with E-state index in [4.69, 9.17) is 9.47 Å². The molecule has 1 amide bonds. The Morgan fingerprint density at radius 1 is 1.27 bits per heavy atom. The van der Waals surface area contributed by atoms with Crippen molar-refractivity contribution in [3.8, 4) is 0 Å². The van der Waals surface area contributed by atoms with Crippen molar-refractivity contribution >= 4 is 11.7 Å². The van der Waals surface area contributed by atoms with Crippen LogP contribution in [0.3, 0.4) is 0 Å². The molecule has 0 aromatic carbocycles. The van der Waals surface area contributed by atoms with Crippen LogP contribution < -0.4 is 10.2 Å². The Kier molecular flexibility index (Phi) is 6.96. The molecule has 4 fully saturated rings. The van der Waals surface area contributed by atoms with Crippen LogP contribution in [0.5, 0.6) is 0 Å². The van der Waals surface area contributed by atoms with Crippen molar-refractivity contribution in [3.05, 3.63) is 23.9 Å². The lowest BCUT2D eigenvalue weighted by Gasteiger charge is -2.45. The molecule has 1 aromatic rings. The number of piperazine rings is 1. The predicted octanol–water partition coefficient (Wildman–Crippen LogP) is 2.59. The molecule has 3 saturated heterocycles. The van der Waals surface area contributed by atoms with Gasteiger partial charge in [0.15, 0.2) is 0 Å². The number of rotatable bonds is 6. The molecular formula is C26H37F3N4O4. The van der Waals surface area contributed by atoms with E-state index in [-0.39, 0.29) is 36.2 Å². The predicted molar refractivity (Wildman–Crippen MR) is 130 cm³/mol. The molecule has 6 atom stereocenters. The zero-order valence-electron chi connectivity index (χ0n) is 21.6. The first-order valence-corrected chi connectivity index (χ1v) is 13.1. The smallest absolute Gasteiger partial charge is 0.389 e. The zero-order valence-corrected chi connectivity index (χ0v) is 21.6. The number of halogens is 3. The average Bonchev–Trinajstić information content (AvgIpc) is 3.58. The lowest BCUT2D eigenvalue weighted by molar-refractivity contribution is -0.159. The number of methoxy groups -OCH3 is 1. The van der Waals surface area contributed by atoms with Gasteiger partial charge in [0.05, 0.1) is 41.4 Å². The van der Waals surface area contributed by atoms with Gasteiger partial charge in [0, 0.05) is 45.1 Å². The second-order valence-corrected chi connectivity index (χ2v) is 11.5. The number of hydrogen-bond acceptors (Lipinski definition) is 7. The number of carbonyl (C=O) groups is 1. The van der Waals surface area contributed by atoms with E-state index in [1.54, 1.807) is 21.0 Å². The number of carbonyl (C=O) groups excluding carboxylic acids is 1. The number of pyridine rings is 1. The summed E-state index contributed by atoms with van der Waals surface area (Å²) < 4.78 is 50.8. The highest BCUT2D eigenvalue weighted by atomic mass is 19.4. The summed E-state index contributed by atoms with van der Waals surface area (Å²) in [5.74, 6) is 0.240. The normalized spacial score (nSPS) is 34.4. The summed E-state index contributed by atoms with van der Waals surface area (Å²) in [7, 11) is 1.67. The molecule has 1 saturated carbocycles. The quantitative estimate of drug-likeness (QED) is 0.589. The van der Waals surface area contributed by atoms with Crippen LogP contribution in [0, 0.1) is 5.41 Å². The Morgan fingerprint density at radius 2 is 2.05 bits per heavy atom. The topological polar surface area (TPSA) is 87.2 Å². The molecule has 4 heterocycles. The molecule has 4 aliphatic rings. The Balaban J connectivity index is 1.29. The number of alkyl halides is 3. The molecular weight excluding hydrogens is 489 g/mol. The van der Waals surface area contributed by atoms with Crippen molar-refractivity contribution in [2.24, 2.45) is 5.41 Å². The van der Waals surface area contributed by atoms with Gasteiger partial charge in [-0.3, -0.25) is 4.79 Å². The summed E-state index contributed by atoms with van der Waals surface area (Å²) >= 11 is 0. The van der Waals surface area contributed by atoms with E-state index >= 15 is 0 Å². The number of aliphatic hydroxyl groups is 1. The van der Waals surface area contributed by atoms with Crippen LogP contribution in [0.2, 0.25) is 0 Å². The number of amides is 1. The SMILES string of the molecule is CO[C@@H]1COCC[C@@H]1N[C@@H]1CC[C@@](C(=O)N2C[C@@H]3C[C@H]2CN3c2cc(C(F)(F)F)ccn2)(C(C)(C)O)C1. The number of ether oxygens (including phenoxy) is 2. The van der Waals surface area contributed by atoms with E-state index in [1.807, 2.05) is 9.80 Å².